The van der Waals surface area contributed by atoms with Crippen molar-refractivity contribution in [2.45, 2.75) is 10.4 Å². The predicted molar refractivity (Wildman–Crippen MR) is 121 cm³/mol. The van der Waals surface area contributed by atoms with E-state index < -0.39 is 31.3 Å². The van der Waals surface area contributed by atoms with Gasteiger partial charge in [0.15, 0.2) is 0 Å². The number of ether oxygens (including phenoxy) is 2. The van der Waals surface area contributed by atoms with E-state index in [2.05, 4.69) is 15.5 Å². The molecule has 14 heteroatoms. The average Bonchev–Trinajstić information content (AvgIpc) is 2.81. The third-order valence-electron chi connectivity index (χ3n) is 4.91. The monoisotopic (exact) mass is 532 g/mol. The minimum atomic E-state index is -5.72. The van der Waals surface area contributed by atoms with Gasteiger partial charge in [-0.15, -0.1) is 0 Å². The number of anilines is 2. The molecule has 0 bridgehead atoms. The number of nitrogens with zero attached hydrogens (tertiary/aromatic N) is 2. The van der Waals surface area contributed by atoms with Gasteiger partial charge in [-0.3, -0.25) is 4.90 Å². The lowest BCUT2D eigenvalue weighted by Gasteiger charge is -2.26. The lowest BCUT2D eigenvalue weighted by molar-refractivity contribution is -0.0435. The first-order valence-electron chi connectivity index (χ1n) is 10.2. The first kappa shape index (κ1) is 26.6. The van der Waals surface area contributed by atoms with E-state index in [1.165, 1.54) is 18.2 Å². The van der Waals surface area contributed by atoms with Crippen molar-refractivity contribution in [3.8, 4) is 11.8 Å². The van der Waals surface area contributed by atoms with Crippen LogP contribution in [0.2, 0.25) is 5.02 Å². The number of benzene rings is 2. The number of hydrogen-bond donors (Lipinski definition) is 2. The van der Waals surface area contributed by atoms with E-state index in [0.717, 1.165) is 25.2 Å². The molecule has 3 rings (SSSR count). The van der Waals surface area contributed by atoms with Crippen LogP contribution in [0.3, 0.4) is 0 Å². The van der Waals surface area contributed by atoms with Gasteiger partial charge in [-0.05, 0) is 30.3 Å². The molecule has 2 N–H and O–H groups in total. The summed E-state index contributed by atoms with van der Waals surface area (Å²) in [6, 6.07) is 8.09. The molecular weight excluding hydrogens is 513 g/mol. The summed E-state index contributed by atoms with van der Waals surface area (Å²) in [6.45, 7) is 3.60. The van der Waals surface area contributed by atoms with Crippen LogP contribution in [0.1, 0.15) is 5.56 Å². The van der Waals surface area contributed by atoms with Gasteiger partial charge in [0.1, 0.15) is 12.4 Å². The minimum absolute atomic E-state index is 0.195. The Bertz CT molecular complexity index is 1230. The lowest BCUT2D eigenvalue weighted by Crippen LogP contribution is -2.38. The minimum Gasteiger partial charge on any atom is -0.490 e. The van der Waals surface area contributed by atoms with Crippen molar-refractivity contribution in [1.82, 2.24) is 4.90 Å². The number of halogens is 4. The molecule has 2 aromatic carbocycles. The molecule has 1 heterocycles. The summed E-state index contributed by atoms with van der Waals surface area (Å²) in [7, 11) is -5.72. The third kappa shape index (κ3) is 6.76. The molecule has 0 radical (unpaired) electrons. The van der Waals surface area contributed by atoms with Crippen molar-refractivity contribution >= 4 is 38.8 Å². The molecule has 0 aliphatic carbocycles. The topological polar surface area (TPSA) is 121 Å². The number of morpholine rings is 1. The van der Waals surface area contributed by atoms with Crippen molar-refractivity contribution in [2.24, 2.45) is 0 Å². The van der Waals surface area contributed by atoms with Crippen LogP contribution in [0.15, 0.2) is 41.3 Å². The van der Waals surface area contributed by atoms with E-state index >= 15 is 0 Å². The number of nitrogens with one attached hydrogen (secondary N) is 2. The Labute approximate surface area is 204 Å². The van der Waals surface area contributed by atoms with Gasteiger partial charge in [-0.2, -0.15) is 18.4 Å². The normalized spacial score (nSPS) is 14.7. The van der Waals surface area contributed by atoms with Crippen molar-refractivity contribution in [3.05, 3.63) is 47.0 Å². The summed E-state index contributed by atoms with van der Waals surface area (Å²) in [5, 5.41) is 13.3. The zero-order valence-electron chi connectivity index (χ0n) is 18.1. The molecule has 1 fully saturated rings. The highest BCUT2D eigenvalue weighted by Crippen LogP contribution is 2.35. The zero-order valence-corrected chi connectivity index (χ0v) is 19.6. The quantitative estimate of drug-likeness (QED) is 0.555. The number of carbonyl (C=O) groups is 1. The number of rotatable bonds is 7. The molecule has 9 nitrogen and oxygen atoms in total. The molecule has 188 valence electrons. The van der Waals surface area contributed by atoms with Gasteiger partial charge in [0.05, 0.1) is 40.5 Å². The van der Waals surface area contributed by atoms with Crippen molar-refractivity contribution in [3.63, 3.8) is 0 Å². The van der Waals surface area contributed by atoms with Crippen molar-refractivity contribution < 1.29 is 35.9 Å². The first-order chi connectivity index (χ1) is 16.5. The molecule has 35 heavy (non-hydrogen) atoms. The van der Waals surface area contributed by atoms with Crippen LogP contribution in [-0.2, 0) is 14.6 Å². The molecule has 0 atom stereocenters. The van der Waals surface area contributed by atoms with E-state index in [-0.39, 0.29) is 29.3 Å². The van der Waals surface area contributed by atoms with Gasteiger partial charge in [-0.1, -0.05) is 11.6 Å². The van der Waals surface area contributed by atoms with Gasteiger partial charge in [0.2, 0.25) is 0 Å². The maximum atomic E-state index is 12.9. The molecular formula is C21H20ClF3N4O5S. The Hall–Kier alpha value is -3.05. The molecule has 2 amide bonds. The van der Waals surface area contributed by atoms with Crippen LogP contribution in [0, 0.1) is 11.3 Å². The number of nitriles is 1. The van der Waals surface area contributed by atoms with E-state index in [9.17, 15) is 26.4 Å². The number of alkyl halides is 3. The highest BCUT2D eigenvalue weighted by atomic mass is 35.5. The van der Waals surface area contributed by atoms with Gasteiger partial charge < -0.3 is 20.1 Å². The Kier molecular flexibility index (Phi) is 8.44. The standard InChI is InChI=1S/C21H20ClF3N4O5S/c22-16-3-2-15(12-19(16)35(31,32)21(23,24)25)27-20(30)28-17-4-1-14(13-26)11-18(17)34-10-7-29-5-8-33-9-6-29/h1-4,11-12H,5-10H2,(H2,27,28,30). The van der Waals surface area contributed by atoms with Gasteiger partial charge >= 0.3 is 11.5 Å². The molecule has 1 aliphatic heterocycles. The fraction of sp³-hybridized carbons (Fsp3) is 0.333. The van der Waals surface area contributed by atoms with E-state index in [0.29, 0.717) is 25.8 Å². The summed E-state index contributed by atoms with van der Waals surface area (Å²) in [6.07, 6.45) is 0. The summed E-state index contributed by atoms with van der Waals surface area (Å²) in [4.78, 5) is 13.4. The molecule has 1 aliphatic rings. The molecule has 1 saturated heterocycles. The SMILES string of the molecule is N#Cc1ccc(NC(=O)Nc2ccc(Cl)c(S(=O)(=O)C(F)(F)F)c2)c(OCCN2CCOCC2)c1. The van der Waals surface area contributed by atoms with Gasteiger partial charge in [0, 0.05) is 31.4 Å². The van der Waals surface area contributed by atoms with E-state index in [4.69, 9.17) is 26.3 Å². The zero-order chi connectivity index (χ0) is 25.6. The molecule has 0 aromatic heterocycles. The first-order valence-corrected chi connectivity index (χ1v) is 12.0. The number of sulfone groups is 1. The Balaban J connectivity index is 1.72. The molecule has 2 aromatic rings. The second kappa shape index (κ2) is 11.1. The summed E-state index contributed by atoms with van der Waals surface area (Å²) in [5.74, 6) is 0.212. The smallest absolute Gasteiger partial charge is 0.490 e. The Morgan fingerprint density at radius 3 is 2.54 bits per heavy atom. The van der Waals surface area contributed by atoms with Crippen LogP contribution in [0.4, 0.5) is 29.3 Å². The summed E-state index contributed by atoms with van der Waals surface area (Å²) >= 11 is 5.65. The van der Waals surface area contributed by atoms with E-state index in [1.807, 2.05) is 6.07 Å². The molecule has 0 spiro atoms. The second-order valence-electron chi connectivity index (χ2n) is 7.30. The second-order valence-corrected chi connectivity index (χ2v) is 9.62. The number of urea groups is 1. The van der Waals surface area contributed by atoms with Crippen LogP contribution >= 0.6 is 11.6 Å². The number of hydrogen-bond acceptors (Lipinski definition) is 7. The summed E-state index contributed by atoms with van der Waals surface area (Å²) < 4.78 is 73.2. The van der Waals surface area contributed by atoms with Gasteiger partial charge in [0.25, 0.3) is 9.84 Å². The maximum Gasteiger partial charge on any atom is 0.501 e. The highest BCUT2D eigenvalue weighted by molar-refractivity contribution is 7.92. The maximum absolute atomic E-state index is 12.9. The van der Waals surface area contributed by atoms with Crippen LogP contribution in [0.25, 0.3) is 0 Å². The highest BCUT2D eigenvalue weighted by Gasteiger charge is 2.48. The van der Waals surface area contributed by atoms with E-state index in [1.54, 1.807) is 0 Å². The van der Waals surface area contributed by atoms with Crippen LogP contribution in [-0.4, -0.2) is 64.3 Å². The summed E-state index contributed by atoms with van der Waals surface area (Å²) in [5.41, 5.74) is -5.32. The number of carbonyl (C=O) groups excluding carboxylic acids is 1. The van der Waals surface area contributed by atoms with Crippen molar-refractivity contribution in [1.29, 1.82) is 5.26 Å². The largest absolute Gasteiger partial charge is 0.501 e. The lowest BCUT2D eigenvalue weighted by atomic mass is 10.2. The number of amides is 2. The fourth-order valence-corrected chi connectivity index (χ4v) is 4.40. The Morgan fingerprint density at radius 2 is 1.89 bits per heavy atom. The van der Waals surface area contributed by atoms with Crippen LogP contribution in [0.5, 0.6) is 5.75 Å². The average molecular weight is 533 g/mol. The van der Waals surface area contributed by atoms with Crippen molar-refractivity contribution in [2.75, 3.05) is 50.1 Å². The molecule has 0 saturated carbocycles. The Morgan fingerprint density at radius 1 is 1.17 bits per heavy atom. The predicted octanol–water partition coefficient (Wildman–Crippen LogP) is 3.86. The third-order valence-corrected chi connectivity index (χ3v) is 6.88. The van der Waals surface area contributed by atoms with Crippen LogP contribution < -0.4 is 15.4 Å². The van der Waals surface area contributed by atoms with Gasteiger partial charge in [-0.25, -0.2) is 13.2 Å². The fourth-order valence-electron chi connectivity index (χ4n) is 3.12. The molecule has 0 unspecified atom stereocenters.